The Morgan fingerprint density at radius 2 is 2.29 bits per heavy atom. The largest absolute Gasteiger partial charge is 0.380 e. The van der Waals surface area contributed by atoms with Crippen molar-refractivity contribution in [2.24, 2.45) is 0 Å². The quantitative estimate of drug-likeness (QED) is 0.713. The number of fused-ring (bicyclic) bond motifs is 1. The minimum Gasteiger partial charge on any atom is -0.380 e. The summed E-state index contributed by atoms with van der Waals surface area (Å²) >= 11 is 0. The standard InChI is InChI=1S/C10H16N6O/c1-6(17-3)4-12-8-7-5-13-16-9(7)15-10(11-2)14-8/h5-6H,4H2,1-3H3,(H3,11,12,13,14,15,16). The number of ether oxygens (including phenoxy) is 1. The SMILES string of the molecule is CNc1nc(NCC(C)OC)c2cn[nH]c2n1. The average Bonchev–Trinajstić information content (AvgIpc) is 2.83. The maximum absolute atomic E-state index is 5.18. The van der Waals surface area contributed by atoms with Gasteiger partial charge in [-0.05, 0) is 6.92 Å². The van der Waals surface area contributed by atoms with Crippen LogP contribution in [0, 0.1) is 0 Å². The molecule has 1 atom stereocenters. The minimum absolute atomic E-state index is 0.116. The zero-order valence-corrected chi connectivity index (χ0v) is 10.1. The molecular weight excluding hydrogens is 220 g/mol. The predicted molar refractivity (Wildman–Crippen MR) is 66.2 cm³/mol. The molecule has 17 heavy (non-hydrogen) atoms. The summed E-state index contributed by atoms with van der Waals surface area (Å²) < 4.78 is 5.18. The first-order valence-electron chi connectivity index (χ1n) is 5.40. The van der Waals surface area contributed by atoms with Crippen LogP contribution in [0.15, 0.2) is 6.20 Å². The summed E-state index contributed by atoms with van der Waals surface area (Å²) in [5.74, 6) is 1.30. The van der Waals surface area contributed by atoms with Crippen molar-refractivity contribution >= 4 is 22.8 Å². The Labute approximate surface area is 99.0 Å². The highest BCUT2D eigenvalue weighted by Crippen LogP contribution is 2.19. The first-order chi connectivity index (χ1) is 8.24. The number of nitrogens with one attached hydrogen (secondary N) is 3. The molecule has 0 saturated carbocycles. The lowest BCUT2D eigenvalue weighted by atomic mass is 10.3. The minimum atomic E-state index is 0.116. The topological polar surface area (TPSA) is 87.8 Å². The van der Waals surface area contributed by atoms with E-state index in [4.69, 9.17) is 4.74 Å². The first kappa shape index (κ1) is 11.6. The van der Waals surface area contributed by atoms with E-state index in [1.54, 1.807) is 20.4 Å². The number of aromatic amines is 1. The highest BCUT2D eigenvalue weighted by atomic mass is 16.5. The summed E-state index contributed by atoms with van der Waals surface area (Å²) in [7, 11) is 3.46. The normalized spacial score (nSPS) is 12.6. The number of rotatable bonds is 5. The smallest absolute Gasteiger partial charge is 0.226 e. The van der Waals surface area contributed by atoms with Crippen LogP contribution in [0.2, 0.25) is 0 Å². The molecule has 0 amide bonds. The molecule has 2 aromatic heterocycles. The number of hydrogen-bond donors (Lipinski definition) is 3. The van der Waals surface area contributed by atoms with E-state index < -0.39 is 0 Å². The predicted octanol–water partition coefficient (Wildman–Crippen LogP) is 0.841. The molecule has 1 unspecified atom stereocenters. The van der Waals surface area contributed by atoms with Gasteiger partial charge in [0.2, 0.25) is 5.95 Å². The summed E-state index contributed by atoms with van der Waals surface area (Å²) in [6, 6.07) is 0. The number of methoxy groups -OCH3 is 1. The second-order valence-corrected chi connectivity index (χ2v) is 3.71. The van der Waals surface area contributed by atoms with Gasteiger partial charge in [-0.3, -0.25) is 5.10 Å². The number of hydrogen-bond acceptors (Lipinski definition) is 6. The summed E-state index contributed by atoms with van der Waals surface area (Å²) in [4.78, 5) is 8.60. The van der Waals surface area contributed by atoms with Crippen LogP contribution in [0.3, 0.4) is 0 Å². The van der Waals surface area contributed by atoms with E-state index in [1.807, 2.05) is 6.92 Å². The zero-order chi connectivity index (χ0) is 12.3. The Balaban J connectivity index is 2.27. The van der Waals surface area contributed by atoms with Crippen LogP contribution >= 0.6 is 0 Å². The summed E-state index contributed by atoms with van der Waals surface area (Å²) in [6.07, 6.45) is 1.82. The Bertz CT molecular complexity index is 497. The fourth-order valence-corrected chi connectivity index (χ4v) is 1.41. The van der Waals surface area contributed by atoms with E-state index in [9.17, 15) is 0 Å². The maximum Gasteiger partial charge on any atom is 0.226 e. The molecule has 0 aliphatic rings. The molecule has 2 heterocycles. The van der Waals surface area contributed by atoms with Crippen molar-refractivity contribution in [3.8, 4) is 0 Å². The average molecular weight is 236 g/mol. The lowest BCUT2D eigenvalue weighted by Gasteiger charge is -2.12. The van der Waals surface area contributed by atoms with Crippen LogP contribution < -0.4 is 10.6 Å². The van der Waals surface area contributed by atoms with Crippen LogP contribution in [0.5, 0.6) is 0 Å². The van der Waals surface area contributed by atoms with E-state index >= 15 is 0 Å². The van der Waals surface area contributed by atoms with Crippen molar-refractivity contribution in [2.75, 3.05) is 31.3 Å². The van der Waals surface area contributed by atoms with Crippen molar-refractivity contribution in [3.05, 3.63) is 6.20 Å². The summed E-state index contributed by atoms with van der Waals surface area (Å²) in [5, 5.41) is 13.8. The van der Waals surface area contributed by atoms with E-state index in [0.29, 0.717) is 18.1 Å². The molecule has 0 aromatic carbocycles. The number of aromatic nitrogens is 4. The van der Waals surface area contributed by atoms with Gasteiger partial charge in [-0.1, -0.05) is 0 Å². The van der Waals surface area contributed by atoms with Crippen molar-refractivity contribution in [1.82, 2.24) is 20.2 Å². The third-order valence-corrected chi connectivity index (χ3v) is 2.49. The van der Waals surface area contributed by atoms with Gasteiger partial charge in [0.05, 0.1) is 17.7 Å². The molecule has 3 N–H and O–H groups in total. The molecule has 0 aliphatic carbocycles. The van der Waals surface area contributed by atoms with Crippen LogP contribution in [-0.2, 0) is 4.74 Å². The second kappa shape index (κ2) is 4.96. The van der Waals surface area contributed by atoms with Crippen LogP contribution in [0.25, 0.3) is 11.0 Å². The van der Waals surface area contributed by atoms with Crippen LogP contribution in [0.4, 0.5) is 11.8 Å². The van der Waals surface area contributed by atoms with E-state index in [-0.39, 0.29) is 6.10 Å². The number of nitrogens with zero attached hydrogens (tertiary/aromatic N) is 3. The van der Waals surface area contributed by atoms with Gasteiger partial charge >= 0.3 is 0 Å². The Morgan fingerprint density at radius 3 is 3.00 bits per heavy atom. The van der Waals surface area contributed by atoms with Gasteiger partial charge in [0, 0.05) is 20.7 Å². The molecule has 0 saturated heterocycles. The lowest BCUT2D eigenvalue weighted by Crippen LogP contribution is -2.19. The Morgan fingerprint density at radius 1 is 1.47 bits per heavy atom. The molecular formula is C10H16N6O. The molecule has 7 nitrogen and oxygen atoms in total. The third kappa shape index (κ3) is 2.44. The molecule has 0 radical (unpaired) electrons. The molecule has 2 rings (SSSR count). The third-order valence-electron chi connectivity index (χ3n) is 2.49. The van der Waals surface area contributed by atoms with Gasteiger partial charge in [0.25, 0.3) is 0 Å². The number of anilines is 2. The van der Waals surface area contributed by atoms with Gasteiger partial charge in [0.15, 0.2) is 5.65 Å². The van der Waals surface area contributed by atoms with Crippen molar-refractivity contribution in [1.29, 1.82) is 0 Å². The lowest BCUT2D eigenvalue weighted by molar-refractivity contribution is 0.128. The maximum atomic E-state index is 5.18. The zero-order valence-electron chi connectivity index (χ0n) is 10.1. The van der Waals surface area contributed by atoms with Crippen molar-refractivity contribution in [2.45, 2.75) is 13.0 Å². The second-order valence-electron chi connectivity index (χ2n) is 3.71. The van der Waals surface area contributed by atoms with Crippen molar-refractivity contribution in [3.63, 3.8) is 0 Å². The van der Waals surface area contributed by atoms with E-state index in [0.717, 1.165) is 11.2 Å². The fourth-order valence-electron chi connectivity index (χ4n) is 1.41. The molecule has 0 bridgehead atoms. The molecule has 0 fully saturated rings. The number of H-pyrrole nitrogens is 1. The van der Waals surface area contributed by atoms with Gasteiger partial charge in [-0.15, -0.1) is 0 Å². The first-order valence-corrected chi connectivity index (χ1v) is 5.40. The van der Waals surface area contributed by atoms with E-state index in [2.05, 4.69) is 30.8 Å². The van der Waals surface area contributed by atoms with Gasteiger partial charge in [-0.2, -0.15) is 15.1 Å². The molecule has 92 valence electrons. The Hall–Kier alpha value is -1.89. The molecule has 2 aromatic rings. The summed E-state index contributed by atoms with van der Waals surface area (Å²) in [5.41, 5.74) is 0.705. The molecule has 0 aliphatic heterocycles. The van der Waals surface area contributed by atoms with Gasteiger partial charge < -0.3 is 15.4 Å². The van der Waals surface area contributed by atoms with Crippen LogP contribution in [0.1, 0.15) is 6.92 Å². The van der Waals surface area contributed by atoms with Gasteiger partial charge in [-0.25, -0.2) is 0 Å². The fraction of sp³-hybridized carbons (Fsp3) is 0.500. The molecule has 0 spiro atoms. The molecule has 7 heteroatoms. The van der Waals surface area contributed by atoms with Crippen LogP contribution in [-0.4, -0.2) is 47.0 Å². The highest BCUT2D eigenvalue weighted by Gasteiger charge is 2.09. The van der Waals surface area contributed by atoms with Crippen molar-refractivity contribution < 1.29 is 4.74 Å². The highest BCUT2D eigenvalue weighted by molar-refractivity contribution is 5.86. The van der Waals surface area contributed by atoms with E-state index in [1.165, 1.54) is 0 Å². The van der Waals surface area contributed by atoms with Gasteiger partial charge in [0.1, 0.15) is 5.82 Å². The Kier molecular flexibility index (Phi) is 3.38. The summed E-state index contributed by atoms with van der Waals surface area (Å²) in [6.45, 7) is 2.66. The monoisotopic (exact) mass is 236 g/mol.